The highest BCUT2D eigenvalue weighted by Crippen LogP contribution is 2.34. The summed E-state index contributed by atoms with van der Waals surface area (Å²) in [7, 11) is -2.96. The molecule has 90 valence electrons. The molecule has 2 aliphatic rings. The van der Waals surface area contributed by atoms with Crippen LogP contribution in [0.5, 0.6) is 0 Å². The molecule has 2 rings (SSSR count). The molecule has 1 aliphatic carbocycles. The number of nitrogens with zero attached hydrogens (tertiary/aromatic N) is 1. The first kappa shape index (κ1) is 11.6. The molecule has 0 spiro atoms. The van der Waals surface area contributed by atoms with Crippen LogP contribution in [0.3, 0.4) is 0 Å². The second-order valence-corrected chi connectivity index (χ2v) is 6.84. The fraction of sp³-hybridized carbons (Fsp3) is 0.727. The molecule has 1 heterocycles. The van der Waals surface area contributed by atoms with E-state index in [1.165, 1.54) is 6.08 Å². The molecule has 1 atom stereocenters. The molecule has 1 amide bonds. The summed E-state index contributed by atoms with van der Waals surface area (Å²) in [4.78, 5) is 13.3. The fourth-order valence-electron chi connectivity index (χ4n) is 2.44. The van der Waals surface area contributed by atoms with Crippen molar-refractivity contribution < 1.29 is 13.2 Å². The zero-order valence-corrected chi connectivity index (χ0v) is 10.1. The minimum atomic E-state index is -2.96. The van der Waals surface area contributed by atoms with Crippen LogP contribution >= 0.6 is 0 Å². The maximum Gasteiger partial charge on any atom is 0.246 e. The van der Waals surface area contributed by atoms with Crippen LogP contribution < -0.4 is 0 Å². The number of sulfone groups is 1. The van der Waals surface area contributed by atoms with Gasteiger partial charge in [0.25, 0.3) is 0 Å². The number of carbonyl (C=O) groups excluding carboxylic acids is 1. The van der Waals surface area contributed by atoms with Gasteiger partial charge < -0.3 is 4.90 Å². The van der Waals surface area contributed by atoms with Crippen molar-refractivity contribution in [1.29, 1.82) is 0 Å². The van der Waals surface area contributed by atoms with E-state index < -0.39 is 9.84 Å². The van der Waals surface area contributed by atoms with Gasteiger partial charge in [-0.25, -0.2) is 8.42 Å². The molecule has 1 aliphatic heterocycles. The van der Waals surface area contributed by atoms with Crippen LogP contribution in [0.1, 0.15) is 19.3 Å². The first-order chi connectivity index (χ1) is 7.53. The van der Waals surface area contributed by atoms with Crippen LogP contribution in [0.2, 0.25) is 0 Å². The van der Waals surface area contributed by atoms with Gasteiger partial charge in [-0.2, -0.15) is 0 Å². The normalized spacial score (nSPS) is 29.5. The van der Waals surface area contributed by atoms with Gasteiger partial charge in [-0.3, -0.25) is 4.79 Å². The van der Waals surface area contributed by atoms with E-state index in [1.807, 2.05) is 0 Å². The largest absolute Gasteiger partial charge is 0.334 e. The molecule has 0 bridgehead atoms. The lowest BCUT2D eigenvalue weighted by molar-refractivity contribution is -0.129. The predicted octanol–water partition coefficient (Wildman–Crippen LogP) is 0.598. The average Bonchev–Trinajstić information content (AvgIpc) is 2.13. The summed E-state index contributed by atoms with van der Waals surface area (Å²) in [6.07, 6.45) is 4.52. The predicted molar refractivity (Wildman–Crippen MR) is 61.7 cm³/mol. The van der Waals surface area contributed by atoms with Crippen LogP contribution in [-0.2, 0) is 14.6 Å². The van der Waals surface area contributed by atoms with E-state index in [-0.39, 0.29) is 23.5 Å². The minimum Gasteiger partial charge on any atom is -0.334 e. The summed E-state index contributed by atoms with van der Waals surface area (Å²) in [6, 6.07) is -0.113. The molecule has 2 fully saturated rings. The molecule has 0 radical (unpaired) electrons. The summed E-state index contributed by atoms with van der Waals surface area (Å²) in [5.74, 6) is 0.471. The van der Waals surface area contributed by atoms with Crippen molar-refractivity contribution in [2.24, 2.45) is 5.92 Å². The average molecular weight is 243 g/mol. The fourth-order valence-corrected chi connectivity index (χ4v) is 4.06. The molecule has 0 N–H and O–H groups in total. The van der Waals surface area contributed by atoms with Gasteiger partial charge in [0.1, 0.15) is 0 Å². The topological polar surface area (TPSA) is 54.5 Å². The van der Waals surface area contributed by atoms with Crippen LogP contribution in [0, 0.1) is 5.92 Å². The summed E-state index contributed by atoms with van der Waals surface area (Å²) in [6.45, 7) is 3.80. The molecular weight excluding hydrogens is 226 g/mol. The second kappa shape index (κ2) is 4.20. The van der Waals surface area contributed by atoms with Crippen LogP contribution in [-0.4, -0.2) is 43.3 Å². The van der Waals surface area contributed by atoms with E-state index >= 15 is 0 Å². The lowest BCUT2D eigenvalue weighted by Crippen LogP contribution is -2.55. The minimum absolute atomic E-state index is 0.0931. The molecular formula is C11H17NO3S. The third kappa shape index (κ3) is 2.14. The second-order valence-electron chi connectivity index (χ2n) is 4.61. The standard InChI is InChI=1S/C11H17NO3S/c1-2-11(13)12-6-7-16(14,15)8-10(12)9-4-3-5-9/h2,9-10H,1,3-8H2. The Bertz CT molecular complexity index is 397. The summed E-state index contributed by atoms with van der Waals surface area (Å²) in [5.41, 5.74) is 0. The van der Waals surface area contributed by atoms with Gasteiger partial charge in [-0.1, -0.05) is 13.0 Å². The van der Waals surface area contributed by atoms with Gasteiger partial charge >= 0.3 is 0 Å². The van der Waals surface area contributed by atoms with Crippen molar-refractivity contribution in [3.05, 3.63) is 12.7 Å². The van der Waals surface area contributed by atoms with Gasteiger partial charge in [0.05, 0.1) is 11.5 Å². The molecule has 5 heteroatoms. The Kier molecular flexibility index (Phi) is 3.06. The molecule has 0 aromatic carbocycles. The van der Waals surface area contributed by atoms with Gasteiger partial charge in [0.2, 0.25) is 5.91 Å². The lowest BCUT2D eigenvalue weighted by Gasteiger charge is -2.43. The van der Waals surface area contributed by atoms with Crippen molar-refractivity contribution >= 4 is 15.7 Å². The van der Waals surface area contributed by atoms with E-state index in [9.17, 15) is 13.2 Å². The highest BCUT2D eigenvalue weighted by Gasteiger charge is 2.39. The van der Waals surface area contributed by atoms with E-state index in [0.29, 0.717) is 12.5 Å². The maximum absolute atomic E-state index is 11.6. The van der Waals surface area contributed by atoms with Crippen molar-refractivity contribution in [1.82, 2.24) is 4.90 Å². The Balaban J connectivity index is 2.17. The van der Waals surface area contributed by atoms with E-state index in [1.54, 1.807) is 4.90 Å². The van der Waals surface area contributed by atoms with Crippen molar-refractivity contribution in [2.45, 2.75) is 25.3 Å². The molecule has 1 saturated heterocycles. The zero-order chi connectivity index (χ0) is 11.8. The molecule has 0 aromatic heterocycles. The van der Waals surface area contributed by atoms with Crippen molar-refractivity contribution in [2.75, 3.05) is 18.1 Å². The van der Waals surface area contributed by atoms with Gasteiger partial charge in [0.15, 0.2) is 9.84 Å². The quantitative estimate of drug-likeness (QED) is 0.667. The Morgan fingerprint density at radius 2 is 2.06 bits per heavy atom. The van der Waals surface area contributed by atoms with E-state index in [4.69, 9.17) is 0 Å². The Morgan fingerprint density at radius 1 is 1.38 bits per heavy atom. The van der Waals surface area contributed by atoms with Crippen molar-refractivity contribution in [3.63, 3.8) is 0 Å². The summed E-state index contributed by atoms with van der Waals surface area (Å²) in [5, 5.41) is 0. The number of rotatable bonds is 2. The highest BCUT2D eigenvalue weighted by molar-refractivity contribution is 7.91. The van der Waals surface area contributed by atoms with E-state index in [0.717, 1.165) is 19.3 Å². The number of carbonyl (C=O) groups is 1. The number of amides is 1. The SMILES string of the molecule is C=CC(=O)N1CCS(=O)(=O)CC1C1CCC1. The monoisotopic (exact) mass is 243 g/mol. The third-order valence-corrected chi connectivity index (χ3v) is 5.27. The van der Waals surface area contributed by atoms with Gasteiger partial charge in [-0.05, 0) is 24.8 Å². The smallest absolute Gasteiger partial charge is 0.246 e. The summed E-state index contributed by atoms with van der Waals surface area (Å²) < 4.78 is 23.2. The maximum atomic E-state index is 11.6. The molecule has 16 heavy (non-hydrogen) atoms. The van der Waals surface area contributed by atoms with Crippen molar-refractivity contribution in [3.8, 4) is 0 Å². The lowest BCUT2D eigenvalue weighted by atomic mass is 9.79. The first-order valence-electron chi connectivity index (χ1n) is 5.67. The molecule has 4 nitrogen and oxygen atoms in total. The van der Waals surface area contributed by atoms with Gasteiger partial charge in [0, 0.05) is 12.6 Å². The van der Waals surface area contributed by atoms with Crippen LogP contribution in [0.15, 0.2) is 12.7 Å². The Morgan fingerprint density at radius 3 is 2.56 bits per heavy atom. The van der Waals surface area contributed by atoms with Crippen LogP contribution in [0.25, 0.3) is 0 Å². The molecule has 0 aromatic rings. The zero-order valence-electron chi connectivity index (χ0n) is 9.26. The first-order valence-corrected chi connectivity index (χ1v) is 7.49. The number of hydrogen-bond acceptors (Lipinski definition) is 3. The Labute approximate surface area is 96.2 Å². The molecule has 1 unspecified atom stereocenters. The van der Waals surface area contributed by atoms with E-state index in [2.05, 4.69) is 6.58 Å². The number of hydrogen-bond donors (Lipinski definition) is 0. The van der Waals surface area contributed by atoms with Crippen LogP contribution in [0.4, 0.5) is 0 Å². The highest BCUT2D eigenvalue weighted by atomic mass is 32.2. The molecule has 1 saturated carbocycles. The van der Waals surface area contributed by atoms with Gasteiger partial charge in [-0.15, -0.1) is 0 Å². The third-order valence-electron chi connectivity index (χ3n) is 3.62. The summed E-state index contributed by atoms with van der Waals surface area (Å²) >= 11 is 0. The Hall–Kier alpha value is -0.840.